The van der Waals surface area contributed by atoms with Crippen LogP contribution in [0.2, 0.25) is 0 Å². The zero-order chi connectivity index (χ0) is 71.5. The van der Waals surface area contributed by atoms with Crippen LogP contribution in [0, 0.1) is 0 Å². The Bertz CT molecular complexity index is 1670. The smallest absolute Gasteiger partial charge is 0.462 e. The fourth-order valence-electron chi connectivity index (χ4n) is 14.2. The first kappa shape index (κ1) is 97.5. The van der Waals surface area contributed by atoms with Crippen molar-refractivity contribution in [2.24, 2.45) is 5.73 Å². The monoisotopic (exact) mass is 1420 g/mol. The van der Waals surface area contributed by atoms with E-state index >= 15 is 0 Å². The lowest BCUT2D eigenvalue weighted by Crippen LogP contribution is -2.29. The highest BCUT2D eigenvalue weighted by atomic mass is 31.2. The van der Waals surface area contributed by atoms with Gasteiger partial charge in [-0.25, -0.2) is 4.57 Å². The zero-order valence-electron chi connectivity index (χ0n) is 66.8. The van der Waals surface area contributed by atoms with Crippen molar-refractivity contribution in [3.63, 3.8) is 0 Å². The standard InChI is InChI=1S/C89H174NO8P/c1-3-5-7-9-11-13-15-17-19-21-23-25-27-29-31-33-35-37-39-41-42-43-44-46-47-49-51-53-55-57-59-61-63-65-67-69-71-73-75-77-79-81-88(91)95-85-87(86-97-99(93,94)96-84-83-90)98-89(92)82-80-78-76-74-72-70-68-66-64-62-60-58-56-54-52-50-48-45-40-38-36-34-32-30-28-26-24-22-20-18-16-14-12-10-8-6-4-2/h16,18,22,24,87H,3-15,17,19-21,23,25-86,90H2,1-2H3,(H,93,94)/b18-16-,24-22-. The molecule has 2 unspecified atom stereocenters. The minimum absolute atomic E-state index is 0.0577. The molecule has 0 rings (SSSR count). The number of esters is 2. The molecule has 0 radical (unpaired) electrons. The normalized spacial score (nSPS) is 12.8. The Morgan fingerprint density at radius 3 is 0.768 bits per heavy atom. The number of rotatable bonds is 87. The van der Waals surface area contributed by atoms with E-state index in [1.54, 1.807) is 0 Å². The average Bonchev–Trinajstić information content (AvgIpc) is 1.64. The number of phosphoric acid groups is 1. The minimum Gasteiger partial charge on any atom is -0.462 e. The van der Waals surface area contributed by atoms with Crippen molar-refractivity contribution in [2.45, 2.75) is 508 Å². The lowest BCUT2D eigenvalue weighted by Gasteiger charge is -2.19. The van der Waals surface area contributed by atoms with Gasteiger partial charge < -0.3 is 20.1 Å². The van der Waals surface area contributed by atoms with Gasteiger partial charge in [-0.3, -0.25) is 18.6 Å². The lowest BCUT2D eigenvalue weighted by molar-refractivity contribution is -0.161. The van der Waals surface area contributed by atoms with Crippen LogP contribution < -0.4 is 5.73 Å². The second-order valence-corrected chi connectivity index (χ2v) is 32.3. The summed E-state index contributed by atoms with van der Waals surface area (Å²) in [4.78, 5) is 35.5. The van der Waals surface area contributed by atoms with E-state index < -0.39 is 26.5 Å². The first-order chi connectivity index (χ1) is 48.8. The fraction of sp³-hybridized carbons (Fsp3) is 0.933. The van der Waals surface area contributed by atoms with Gasteiger partial charge in [-0.05, 0) is 44.9 Å². The number of ether oxygens (including phenoxy) is 2. The minimum atomic E-state index is -4.39. The van der Waals surface area contributed by atoms with Gasteiger partial charge in [-0.1, -0.05) is 468 Å². The largest absolute Gasteiger partial charge is 0.472 e. The highest BCUT2D eigenvalue weighted by molar-refractivity contribution is 7.47. The SMILES string of the molecule is CCCCCCC/C=C\C/C=C\CCCCCCCCCCCCCCCCCCCCCCCCCCCC(=O)OC(COC(=O)CCCCCCCCCCCCCCCCCCCCCCCCCCCCCCCCCCCCCCCCCCC)COP(=O)(O)OCCN. The van der Waals surface area contributed by atoms with Crippen molar-refractivity contribution in [3.8, 4) is 0 Å². The van der Waals surface area contributed by atoms with Crippen LogP contribution in [-0.4, -0.2) is 49.3 Å². The Morgan fingerprint density at radius 1 is 0.303 bits per heavy atom. The summed E-state index contributed by atoms with van der Waals surface area (Å²) < 4.78 is 33.3. The van der Waals surface area contributed by atoms with E-state index in [9.17, 15) is 19.0 Å². The van der Waals surface area contributed by atoms with E-state index in [0.717, 1.165) is 38.5 Å². The molecule has 99 heavy (non-hydrogen) atoms. The number of unbranched alkanes of at least 4 members (excludes halogenated alkanes) is 70. The molecule has 0 fully saturated rings. The van der Waals surface area contributed by atoms with Crippen molar-refractivity contribution >= 4 is 19.8 Å². The maximum atomic E-state index is 12.8. The van der Waals surface area contributed by atoms with Gasteiger partial charge in [0.25, 0.3) is 0 Å². The van der Waals surface area contributed by atoms with Crippen molar-refractivity contribution in [2.75, 3.05) is 26.4 Å². The molecule has 0 aliphatic heterocycles. The molecule has 3 N–H and O–H groups in total. The van der Waals surface area contributed by atoms with Gasteiger partial charge in [0.15, 0.2) is 6.10 Å². The van der Waals surface area contributed by atoms with Gasteiger partial charge in [0.1, 0.15) is 6.61 Å². The highest BCUT2D eigenvalue weighted by Crippen LogP contribution is 2.43. The summed E-state index contributed by atoms with van der Waals surface area (Å²) in [5.41, 5.74) is 5.43. The number of allylic oxidation sites excluding steroid dienone is 4. The average molecular weight is 1420 g/mol. The molecule has 0 aromatic carbocycles. The molecule has 0 aromatic heterocycles. The van der Waals surface area contributed by atoms with Crippen LogP contribution in [0.25, 0.3) is 0 Å². The van der Waals surface area contributed by atoms with E-state index in [2.05, 4.69) is 38.2 Å². The topological polar surface area (TPSA) is 134 Å². The van der Waals surface area contributed by atoms with Crippen LogP contribution in [0.15, 0.2) is 24.3 Å². The third-order valence-corrected chi connectivity index (χ3v) is 21.8. The molecule has 588 valence electrons. The molecule has 0 aliphatic rings. The maximum absolute atomic E-state index is 12.8. The number of hydrogen-bond donors (Lipinski definition) is 2. The predicted molar refractivity (Wildman–Crippen MR) is 432 cm³/mol. The summed E-state index contributed by atoms with van der Waals surface area (Å²) in [5.74, 6) is -0.795. The molecule has 9 nitrogen and oxygen atoms in total. The Morgan fingerprint density at radius 2 is 0.525 bits per heavy atom. The van der Waals surface area contributed by atoms with Crippen molar-refractivity contribution in [1.29, 1.82) is 0 Å². The first-order valence-electron chi connectivity index (χ1n) is 44.8. The van der Waals surface area contributed by atoms with Crippen LogP contribution in [0.1, 0.15) is 502 Å². The van der Waals surface area contributed by atoms with Crippen molar-refractivity contribution in [3.05, 3.63) is 24.3 Å². The molecule has 0 heterocycles. The van der Waals surface area contributed by atoms with Gasteiger partial charge in [-0.15, -0.1) is 0 Å². The van der Waals surface area contributed by atoms with Gasteiger partial charge in [0.05, 0.1) is 13.2 Å². The molecule has 0 spiro atoms. The fourth-order valence-corrected chi connectivity index (χ4v) is 15.0. The second-order valence-electron chi connectivity index (χ2n) is 30.8. The molecular formula is C89H174NO8P. The van der Waals surface area contributed by atoms with Gasteiger partial charge in [0, 0.05) is 19.4 Å². The van der Waals surface area contributed by atoms with Crippen LogP contribution >= 0.6 is 7.82 Å². The lowest BCUT2D eigenvalue weighted by atomic mass is 10.0. The van der Waals surface area contributed by atoms with Crippen LogP contribution in [0.3, 0.4) is 0 Å². The number of carbonyl (C=O) groups is 2. The number of carbonyl (C=O) groups excluding carboxylic acids is 2. The van der Waals surface area contributed by atoms with Crippen LogP contribution in [0.5, 0.6) is 0 Å². The maximum Gasteiger partial charge on any atom is 0.472 e. The summed E-state index contributed by atoms with van der Waals surface area (Å²) in [6.07, 6.45) is 110. The molecule has 0 saturated heterocycles. The number of nitrogens with two attached hydrogens (primary N) is 1. The summed E-state index contributed by atoms with van der Waals surface area (Å²) >= 11 is 0. The quantitative estimate of drug-likeness (QED) is 0.0264. The molecule has 0 aromatic rings. The first-order valence-corrected chi connectivity index (χ1v) is 46.3. The highest BCUT2D eigenvalue weighted by Gasteiger charge is 2.26. The predicted octanol–water partition coefficient (Wildman–Crippen LogP) is 30.3. The van der Waals surface area contributed by atoms with E-state index in [0.29, 0.717) is 6.42 Å². The Hall–Kier alpha value is -1.51. The van der Waals surface area contributed by atoms with Crippen LogP contribution in [0.4, 0.5) is 0 Å². The summed E-state index contributed by atoms with van der Waals surface area (Å²) in [5, 5.41) is 0. The Balaban J connectivity index is 3.68. The van der Waals surface area contributed by atoms with E-state index in [4.69, 9.17) is 24.3 Å². The van der Waals surface area contributed by atoms with Crippen molar-refractivity contribution < 1.29 is 37.6 Å². The third-order valence-electron chi connectivity index (χ3n) is 20.8. The zero-order valence-corrected chi connectivity index (χ0v) is 67.7. The molecule has 0 aliphatic carbocycles. The van der Waals surface area contributed by atoms with Crippen LogP contribution in [-0.2, 0) is 32.7 Å². The third kappa shape index (κ3) is 85.3. The summed E-state index contributed by atoms with van der Waals surface area (Å²) in [6, 6.07) is 0. The molecule has 10 heteroatoms. The van der Waals surface area contributed by atoms with Crippen molar-refractivity contribution in [1.82, 2.24) is 0 Å². The van der Waals surface area contributed by atoms with Gasteiger partial charge >= 0.3 is 19.8 Å². The summed E-state index contributed by atoms with van der Waals surface area (Å²) in [7, 11) is -4.39. The second kappa shape index (κ2) is 85.4. The number of hydrogen-bond acceptors (Lipinski definition) is 8. The molecule has 0 saturated carbocycles. The number of phosphoric ester groups is 1. The molecule has 2 atom stereocenters. The molecule has 0 amide bonds. The van der Waals surface area contributed by atoms with Gasteiger partial charge in [0.2, 0.25) is 0 Å². The van der Waals surface area contributed by atoms with Gasteiger partial charge in [-0.2, -0.15) is 0 Å². The van der Waals surface area contributed by atoms with E-state index in [1.165, 1.54) is 430 Å². The Labute approximate surface area is 618 Å². The molecular weight excluding hydrogens is 1240 g/mol. The van der Waals surface area contributed by atoms with E-state index in [-0.39, 0.29) is 38.6 Å². The summed E-state index contributed by atoms with van der Waals surface area (Å²) in [6.45, 7) is 3.84. The Kier molecular flexibility index (Phi) is 84.1. The van der Waals surface area contributed by atoms with E-state index in [1.807, 2.05) is 0 Å². The molecule has 0 bridgehead atoms.